The average Bonchev–Trinajstić information content (AvgIpc) is 2.47. The first-order valence-corrected chi connectivity index (χ1v) is 7.76. The molecule has 0 amide bonds. The van der Waals surface area contributed by atoms with Crippen molar-refractivity contribution in [2.24, 2.45) is 0 Å². The van der Waals surface area contributed by atoms with Gasteiger partial charge in [-0.05, 0) is 39.8 Å². The van der Waals surface area contributed by atoms with Crippen LogP contribution in [0.5, 0.6) is 0 Å². The lowest BCUT2D eigenvalue weighted by Crippen LogP contribution is -2.10. The van der Waals surface area contributed by atoms with E-state index in [9.17, 15) is 0 Å². The summed E-state index contributed by atoms with van der Waals surface area (Å²) >= 11 is 0. The zero-order valence-electron chi connectivity index (χ0n) is 13.8. The van der Waals surface area contributed by atoms with Gasteiger partial charge in [-0.25, -0.2) is 0 Å². The number of fused-ring (bicyclic) bond motifs is 1. The summed E-state index contributed by atoms with van der Waals surface area (Å²) in [5, 5.41) is 2.35. The van der Waals surface area contributed by atoms with Gasteiger partial charge in [0.2, 0.25) is 0 Å². The lowest BCUT2D eigenvalue weighted by atomic mass is 9.84. The normalized spacial score (nSPS) is 11.8. The molecule has 0 aliphatic rings. The van der Waals surface area contributed by atoms with Crippen LogP contribution in [-0.2, 0) is 5.41 Å². The second-order valence-corrected chi connectivity index (χ2v) is 7.08. The number of rotatable bonds is 1. The lowest BCUT2D eigenvalue weighted by Gasteiger charge is -2.19. The Bertz CT molecular complexity index is 821. The Morgan fingerprint density at radius 2 is 1.45 bits per heavy atom. The van der Waals surface area contributed by atoms with E-state index >= 15 is 0 Å². The van der Waals surface area contributed by atoms with Crippen LogP contribution in [0.15, 0.2) is 54.6 Å². The highest BCUT2D eigenvalue weighted by Crippen LogP contribution is 2.30. The third kappa shape index (κ3) is 2.68. The summed E-state index contributed by atoms with van der Waals surface area (Å²) in [5.74, 6) is 0. The summed E-state index contributed by atoms with van der Waals surface area (Å²) in [5.41, 5.74) is 6.09. The lowest BCUT2D eigenvalue weighted by molar-refractivity contribution is 0.590. The molecule has 0 atom stereocenters. The number of benzene rings is 3. The topological polar surface area (TPSA) is 0 Å². The zero-order valence-corrected chi connectivity index (χ0v) is 13.8. The van der Waals surface area contributed by atoms with Crippen molar-refractivity contribution in [2.45, 2.75) is 33.1 Å². The van der Waals surface area contributed by atoms with Crippen LogP contribution in [-0.4, -0.2) is 7.85 Å². The number of hydrogen-bond acceptors (Lipinski definition) is 0. The maximum Gasteiger partial charge on any atom is 0.114 e. The standard InChI is InChI=1S/C21H21B/c1-14-5-10-18-17(11-12-20(22)19(18)13-14)15-6-8-16(9-7-15)21(2,3)4/h5-13H,1-4H3. The molecule has 22 heavy (non-hydrogen) atoms. The Kier molecular flexibility index (Phi) is 3.60. The molecule has 0 N–H and O–H groups in total. The van der Waals surface area contributed by atoms with Gasteiger partial charge >= 0.3 is 0 Å². The summed E-state index contributed by atoms with van der Waals surface area (Å²) < 4.78 is 0. The van der Waals surface area contributed by atoms with Gasteiger partial charge in [-0.2, -0.15) is 0 Å². The third-order valence-corrected chi connectivity index (χ3v) is 4.27. The van der Waals surface area contributed by atoms with Crippen molar-refractivity contribution >= 4 is 24.1 Å². The smallest absolute Gasteiger partial charge is 0.0889 e. The Labute approximate surface area is 134 Å². The molecule has 0 heterocycles. The predicted molar refractivity (Wildman–Crippen MR) is 98.2 cm³/mol. The van der Waals surface area contributed by atoms with Gasteiger partial charge < -0.3 is 0 Å². The Morgan fingerprint density at radius 1 is 0.773 bits per heavy atom. The van der Waals surface area contributed by atoms with Crippen molar-refractivity contribution in [1.82, 2.24) is 0 Å². The van der Waals surface area contributed by atoms with Crippen molar-refractivity contribution in [2.75, 3.05) is 0 Å². The molecule has 1 heteroatoms. The predicted octanol–water partition coefficient (Wildman–Crippen LogP) is 4.91. The fourth-order valence-corrected chi connectivity index (χ4v) is 2.89. The molecular weight excluding hydrogens is 263 g/mol. The average molecular weight is 284 g/mol. The molecule has 3 aromatic rings. The largest absolute Gasteiger partial charge is 0.114 e. The van der Waals surface area contributed by atoms with Crippen LogP contribution in [0.2, 0.25) is 0 Å². The Hall–Kier alpha value is -2.02. The van der Waals surface area contributed by atoms with Crippen LogP contribution in [0, 0.1) is 6.92 Å². The third-order valence-electron chi connectivity index (χ3n) is 4.27. The van der Waals surface area contributed by atoms with Gasteiger partial charge in [0, 0.05) is 0 Å². The van der Waals surface area contributed by atoms with Gasteiger partial charge in [0.05, 0.1) is 0 Å². The highest BCUT2D eigenvalue weighted by molar-refractivity contribution is 6.39. The minimum atomic E-state index is 0.179. The molecule has 0 nitrogen and oxygen atoms in total. The molecule has 0 aliphatic heterocycles. The van der Waals surface area contributed by atoms with E-state index in [1.807, 2.05) is 6.07 Å². The second-order valence-electron chi connectivity index (χ2n) is 7.08. The molecule has 0 unspecified atom stereocenters. The molecule has 0 aromatic heterocycles. The van der Waals surface area contributed by atoms with Crippen LogP contribution in [0.25, 0.3) is 21.9 Å². The van der Waals surface area contributed by atoms with E-state index in [1.54, 1.807) is 0 Å². The molecule has 0 fully saturated rings. The van der Waals surface area contributed by atoms with Crippen molar-refractivity contribution in [1.29, 1.82) is 0 Å². The van der Waals surface area contributed by atoms with Crippen LogP contribution in [0.3, 0.4) is 0 Å². The quantitative estimate of drug-likeness (QED) is 0.557. The summed E-state index contributed by atoms with van der Waals surface area (Å²) in [6.07, 6.45) is 0. The number of aryl methyl sites for hydroxylation is 1. The fourth-order valence-electron chi connectivity index (χ4n) is 2.89. The van der Waals surface area contributed by atoms with E-state index in [2.05, 4.69) is 76.2 Å². The first-order chi connectivity index (χ1) is 10.4. The van der Waals surface area contributed by atoms with Crippen LogP contribution < -0.4 is 5.46 Å². The molecule has 0 spiro atoms. The maximum absolute atomic E-state index is 6.15. The van der Waals surface area contributed by atoms with Crippen molar-refractivity contribution in [3.63, 3.8) is 0 Å². The SMILES string of the molecule is [B]c1ccc(-c2ccc(C(C)(C)C)cc2)c2ccc(C)cc12. The molecule has 3 rings (SSSR count). The van der Waals surface area contributed by atoms with Crippen LogP contribution >= 0.6 is 0 Å². The first-order valence-electron chi connectivity index (χ1n) is 7.76. The van der Waals surface area contributed by atoms with Gasteiger partial charge in [-0.1, -0.05) is 86.4 Å². The first kappa shape index (κ1) is 14.9. The van der Waals surface area contributed by atoms with E-state index < -0.39 is 0 Å². The summed E-state index contributed by atoms with van der Waals surface area (Å²) in [4.78, 5) is 0. The molecule has 0 saturated carbocycles. The molecule has 2 radical (unpaired) electrons. The van der Waals surface area contributed by atoms with Crippen molar-refractivity contribution in [3.8, 4) is 11.1 Å². The molecule has 0 bridgehead atoms. The molecular formula is C21H21B. The molecule has 108 valence electrons. The fraction of sp³-hybridized carbons (Fsp3) is 0.238. The van der Waals surface area contributed by atoms with Crippen LogP contribution in [0.1, 0.15) is 31.9 Å². The molecule has 0 aliphatic carbocycles. The summed E-state index contributed by atoms with van der Waals surface area (Å²) in [6.45, 7) is 8.82. The van der Waals surface area contributed by atoms with Gasteiger partial charge in [0.15, 0.2) is 0 Å². The minimum absolute atomic E-state index is 0.179. The van der Waals surface area contributed by atoms with Crippen molar-refractivity contribution in [3.05, 3.63) is 65.7 Å². The van der Waals surface area contributed by atoms with Gasteiger partial charge in [-0.3, -0.25) is 0 Å². The van der Waals surface area contributed by atoms with E-state index in [-0.39, 0.29) is 5.41 Å². The van der Waals surface area contributed by atoms with Crippen molar-refractivity contribution < 1.29 is 0 Å². The summed E-state index contributed by atoms with van der Waals surface area (Å²) in [6, 6.07) is 19.5. The second kappa shape index (κ2) is 5.32. The molecule has 3 aromatic carbocycles. The zero-order chi connectivity index (χ0) is 15.9. The Balaban J connectivity index is 2.16. The monoisotopic (exact) mass is 284 g/mol. The van der Waals surface area contributed by atoms with Gasteiger partial charge in [0.25, 0.3) is 0 Å². The highest BCUT2D eigenvalue weighted by atomic mass is 14.2. The Morgan fingerprint density at radius 3 is 2.09 bits per heavy atom. The minimum Gasteiger partial charge on any atom is -0.0889 e. The van der Waals surface area contributed by atoms with Gasteiger partial charge in [-0.15, -0.1) is 0 Å². The van der Waals surface area contributed by atoms with E-state index in [4.69, 9.17) is 7.85 Å². The van der Waals surface area contributed by atoms with E-state index in [1.165, 1.54) is 27.6 Å². The maximum atomic E-state index is 6.15. The highest BCUT2D eigenvalue weighted by Gasteiger charge is 2.13. The van der Waals surface area contributed by atoms with Gasteiger partial charge in [0.1, 0.15) is 7.85 Å². The number of hydrogen-bond donors (Lipinski definition) is 0. The van der Waals surface area contributed by atoms with E-state index in [0.717, 1.165) is 10.8 Å². The van der Waals surface area contributed by atoms with Crippen LogP contribution in [0.4, 0.5) is 0 Å². The summed E-state index contributed by atoms with van der Waals surface area (Å²) in [7, 11) is 6.15. The van der Waals surface area contributed by atoms with E-state index in [0.29, 0.717) is 0 Å². The molecule has 0 saturated heterocycles.